The second-order valence-electron chi connectivity index (χ2n) is 5.45. The van der Waals surface area contributed by atoms with Gasteiger partial charge in [0, 0.05) is 23.0 Å². The largest absolute Gasteiger partial charge is 0.493 e. The van der Waals surface area contributed by atoms with Gasteiger partial charge in [-0.3, -0.25) is 9.59 Å². The molecule has 148 valence electrons. The minimum atomic E-state index is -3.04. The SMILES string of the molecule is COc1cccc(C=CC(=O)Nc2cc(Br)ccc2NC(C)=O)c1OC(F)F. The number of para-hydroxylation sites is 1. The average Bonchev–Trinajstić information content (AvgIpc) is 2.62. The molecular formula is C19H17BrF2N2O4. The highest BCUT2D eigenvalue weighted by molar-refractivity contribution is 9.10. The molecule has 0 saturated heterocycles. The summed E-state index contributed by atoms with van der Waals surface area (Å²) < 4.78 is 35.6. The van der Waals surface area contributed by atoms with E-state index in [1.807, 2.05) is 0 Å². The lowest BCUT2D eigenvalue weighted by Gasteiger charge is -2.12. The molecule has 2 rings (SSSR count). The zero-order valence-electron chi connectivity index (χ0n) is 15.0. The maximum absolute atomic E-state index is 12.7. The molecule has 0 spiro atoms. The first-order valence-electron chi connectivity index (χ1n) is 7.98. The number of methoxy groups -OCH3 is 1. The summed E-state index contributed by atoms with van der Waals surface area (Å²) in [6.07, 6.45) is 2.48. The molecule has 0 fully saturated rings. The summed E-state index contributed by atoms with van der Waals surface area (Å²) in [5.74, 6) is -0.887. The van der Waals surface area contributed by atoms with Crippen LogP contribution in [-0.2, 0) is 9.59 Å². The Balaban J connectivity index is 2.23. The van der Waals surface area contributed by atoms with E-state index in [9.17, 15) is 18.4 Å². The van der Waals surface area contributed by atoms with Gasteiger partial charge in [-0.15, -0.1) is 0 Å². The van der Waals surface area contributed by atoms with E-state index in [1.165, 1.54) is 32.2 Å². The lowest BCUT2D eigenvalue weighted by molar-refractivity contribution is -0.114. The normalized spacial score (nSPS) is 10.8. The third-order valence-electron chi connectivity index (χ3n) is 3.40. The van der Waals surface area contributed by atoms with E-state index in [0.29, 0.717) is 15.8 Å². The summed E-state index contributed by atoms with van der Waals surface area (Å²) in [4.78, 5) is 23.6. The minimum absolute atomic E-state index is 0.114. The molecule has 0 unspecified atom stereocenters. The van der Waals surface area contributed by atoms with Gasteiger partial charge in [-0.1, -0.05) is 28.1 Å². The quantitative estimate of drug-likeness (QED) is 0.596. The third-order valence-corrected chi connectivity index (χ3v) is 3.89. The molecule has 0 aromatic heterocycles. The number of alkyl halides is 2. The number of amides is 2. The van der Waals surface area contributed by atoms with Gasteiger partial charge in [0.15, 0.2) is 11.5 Å². The Morgan fingerprint density at radius 3 is 2.54 bits per heavy atom. The molecule has 2 amide bonds. The van der Waals surface area contributed by atoms with Gasteiger partial charge in [0.1, 0.15) is 0 Å². The molecular weight excluding hydrogens is 438 g/mol. The summed E-state index contributed by atoms with van der Waals surface area (Å²) in [6.45, 7) is -1.69. The van der Waals surface area contributed by atoms with Crippen molar-refractivity contribution in [2.24, 2.45) is 0 Å². The van der Waals surface area contributed by atoms with E-state index in [4.69, 9.17) is 4.74 Å². The Kier molecular flexibility index (Phi) is 7.51. The zero-order valence-corrected chi connectivity index (χ0v) is 16.5. The maximum Gasteiger partial charge on any atom is 0.387 e. The topological polar surface area (TPSA) is 76.7 Å². The molecule has 28 heavy (non-hydrogen) atoms. The molecule has 0 aliphatic heterocycles. The minimum Gasteiger partial charge on any atom is -0.493 e. The van der Waals surface area contributed by atoms with Crippen LogP contribution in [0.5, 0.6) is 11.5 Å². The highest BCUT2D eigenvalue weighted by Crippen LogP contribution is 2.33. The molecule has 2 aromatic carbocycles. The number of nitrogens with one attached hydrogen (secondary N) is 2. The van der Waals surface area contributed by atoms with E-state index in [0.717, 1.165) is 6.08 Å². The van der Waals surface area contributed by atoms with Crippen LogP contribution >= 0.6 is 15.9 Å². The lowest BCUT2D eigenvalue weighted by atomic mass is 10.1. The third kappa shape index (κ3) is 6.05. The Morgan fingerprint density at radius 2 is 1.89 bits per heavy atom. The fourth-order valence-corrected chi connectivity index (χ4v) is 2.66. The van der Waals surface area contributed by atoms with E-state index in [2.05, 4.69) is 31.3 Å². The molecule has 0 saturated carbocycles. The van der Waals surface area contributed by atoms with E-state index in [-0.39, 0.29) is 23.0 Å². The summed E-state index contributed by atoms with van der Waals surface area (Å²) >= 11 is 3.29. The first kappa shape index (κ1) is 21.4. The average molecular weight is 455 g/mol. The van der Waals surface area contributed by atoms with Crippen LogP contribution in [0.3, 0.4) is 0 Å². The van der Waals surface area contributed by atoms with Gasteiger partial charge in [0.25, 0.3) is 0 Å². The Morgan fingerprint density at radius 1 is 1.14 bits per heavy atom. The number of benzene rings is 2. The Bertz CT molecular complexity index is 903. The number of ether oxygens (including phenoxy) is 2. The number of rotatable bonds is 7. The summed E-state index contributed by atoms with van der Waals surface area (Å²) in [5, 5.41) is 5.23. The van der Waals surface area contributed by atoms with Crippen molar-refractivity contribution < 1.29 is 27.8 Å². The molecule has 2 aromatic rings. The fraction of sp³-hybridized carbons (Fsp3) is 0.158. The van der Waals surface area contributed by atoms with Crippen LogP contribution in [0.25, 0.3) is 6.08 Å². The van der Waals surface area contributed by atoms with Crippen LogP contribution in [0.2, 0.25) is 0 Å². The number of anilines is 2. The smallest absolute Gasteiger partial charge is 0.387 e. The maximum atomic E-state index is 12.7. The molecule has 6 nitrogen and oxygen atoms in total. The van der Waals surface area contributed by atoms with Crippen molar-refractivity contribution in [3.63, 3.8) is 0 Å². The predicted molar refractivity (Wildman–Crippen MR) is 106 cm³/mol. The molecule has 0 atom stereocenters. The van der Waals surface area contributed by atoms with Gasteiger partial charge in [-0.05, 0) is 30.3 Å². The van der Waals surface area contributed by atoms with Crippen molar-refractivity contribution in [1.29, 1.82) is 0 Å². The van der Waals surface area contributed by atoms with Crippen molar-refractivity contribution in [1.82, 2.24) is 0 Å². The van der Waals surface area contributed by atoms with Gasteiger partial charge in [-0.25, -0.2) is 0 Å². The van der Waals surface area contributed by atoms with Crippen molar-refractivity contribution in [2.45, 2.75) is 13.5 Å². The Hall–Kier alpha value is -2.94. The number of hydrogen-bond donors (Lipinski definition) is 2. The van der Waals surface area contributed by atoms with Crippen molar-refractivity contribution in [2.75, 3.05) is 17.7 Å². The van der Waals surface area contributed by atoms with E-state index >= 15 is 0 Å². The van der Waals surface area contributed by atoms with Crippen LogP contribution < -0.4 is 20.1 Å². The predicted octanol–water partition coefficient (Wildman–Crippen LogP) is 4.67. The molecule has 9 heteroatoms. The molecule has 0 heterocycles. The van der Waals surface area contributed by atoms with Crippen LogP contribution in [0.4, 0.5) is 20.2 Å². The van der Waals surface area contributed by atoms with Crippen molar-refractivity contribution in [3.8, 4) is 11.5 Å². The summed E-state index contributed by atoms with van der Waals surface area (Å²) in [7, 11) is 1.32. The van der Waals surface area contributed by atoms with E-state index in [1.54, 1.807) is 24.3 Å². The Labute approximate surface area is 168 Å². The first-order chi connectivity index (χ1) is 13.3. The van der Waals surface area contributed by atoms with Crippen LogP contribution in [0.15, 0.2) is 46.9 Å². The number of carbonyl (C=O) groups is 2. The second-order valence-corrected chi connectivity index (χ2v) is 6.37. The zero-order chi connectivity index (χ0) is 20.7. The number of halogens is 3. The highest BCUT2D eigenvalue weighted by Gasteiger charge is 2.14. The van der Waals surface area contributed by atoms with Gasteiger partial charge in [0.2, 0.25) is 11.8 Å². The van der Waals surface area contributed by atoms with Crippen LogP contribution in [0.1, 0.15) is 12.5 Å². The van der Waals surface area contributed by atoms with Crippen molar-refractivity contribution in [3.05, 3.63) is 52.5 Å². The summed E-state index contributed by atoms with van der Waals surface area (Å²) in [5.41, 5.74) is 1.03. The molecule has 0 aliphatic carbocycles. The highest BCUT2D eigenvalue weighted by atomic mass is 79.9. The van der Waals surface area contributed by atoms with Crippen LogP contribution in [-0.4, -0.2) is 25.5 Å². The monoisotopic (exact) mass is 454 g/mol. The van der Waals surface area contributed by atoms with Crippen molar-refractivity contribution >= 4 is 45.2 Å². The molecule has 0 radical (unpaired) electrons. The first-order valence-corrected chi connectivity index (χ1v) is 8.77. The fourth-order valence-electron chi connectivity index (χ4n) is 2.30. The van der Waals surface area contributed by atoms with Gasteiger partial charge < -0.3 is 20.1 Å². The van der Waals surface area contributed by atoms with Crippen LogP contribution in [0, 0.1) is 0 Å². The van der Waals surface area contributed by atoms with Gasteiger partial charge >= 0.3 is 6.61 Å². The van der Waals surface area contributed by atoms with Gasteiger partial charge in [0.05, 0.1) is 18.5 Å². The van der Waals surface area contributed by atoms with Gasteiger partial charge in [-0.2, -0.15) is 8.78 Å². The number of hydrogen-bond acceptors (Lipinski definition) is 4. The lowest BCUT2D eigenvalue weighted by Crippen LogP contribution is -2.13. The molecule has 0 bridgehead atoms. The standard InChI is InChI=1S/C19H17BrF2N2O4/c1-11(25)23-14-8-7-13(20)10-15(14)24-17(26)9-6-12-4-3-5-16(27-2)18(12)28-19(21)22/h3-10,19H,1-2H3,(H,23,25)(H,24,26). The molecule has 0 aliphatic rings. The van der Waals surface area contributed by atoms with E-state index < -0.39 is 12.5 Å². The summed E-state index contributed by atoms with van der Waals surface area (Å²) in [6, 6.07) is 9.51. The molecule has 2 N–H and O–H groups in total. The number of carbonyl (C=O) groups excluding carboxylic acids is 2. The second kappa shape index (κ2) is 9.84.